The lowest BCUT2D eigenvalue weighted by Crippen LogP contribution is -2.44. The summed E-state index contributed by atoms with van der Waals surface area (Å²) >= 11 is 0. The minimum Gasteiger partial charge on any atom is -0.494 e. The van der Waals surface area contributed by atoms with Gasteiger partial charge in [0.25, 0.3) is 0 Å². The summed E-state index contributed by atoms with van der Waals surface area (Å²) in [5.74, 6) is -0.566. The van der Waals surface area contributed by atoms with Crippen LogP contribution in [-0.4, -0.2) is 46.0 Å². The molecule has 2 rings (SSSR count). The molecule has 1 N–H and O–H groups in total. The lowest BCUT2D eigenvalue weighted by Gasteiger charge is -2.31. The van der Waals surface area contributed by atoms with Crippen molar-refractivity contribution in [1.82, 2.24) is 9.62 Å². The molecule has 0 amide bonds. The van der Waals surface area contributed by atoms with Crippen LogP contribution < -0.4 is 10.1 Å². The summed E-state index contributed by atoms with van der Waals surface area (Å²) in [6, 6.07) is 3.11. The molecule has 0 spiro atoms. The molecule has 1 aromatic rings. The molecule has 1 fully saturated rings. The second-order valence-electron chi connectivity index (χ2n) is 5.17. The molecular formula is C14H22ClFN2O3S. The molecule has 8 heteroatoms. The van der Waals surface area contributed by atoms with Crippen molar-refractivity contribution in [2.24, 2.45) is 0 Å². The fraction of sp³-hybridized carbons (Fsp3) is 0.571. The van der Waals surface area contributed by atoms with Crippen molar-refractivity contribution in [1.29, 1.82) is 0 Å². The topological polar surface area (TPSA) is 58.6 Å². The van der Waals surface area contributed by atoms with Crippen LogP contribution >= 0.6 is 12.4 Å². The third-order valence-electron chi connectivity index (χ3n) is 4.00. The lowest BCUT2D eigenvalue weighted by molar-refractivity contribution is 0.298. The highest BCUT2D eigenvalue weighted by atomic mass is 35.5. The van der Waals surface area contributed by atoms with Gasteiger partial charge in [0.05, 0.1) is 12.0 Å². The molecule has 1 aliphatic heterocycles. The van der Waals surface area contributed by atoms with Crippen LogP contribution in [0.3, 0.4) is 0 Å². The fourth-order valence-corrected chi connectivity index (χ4v) is 4.29. The molecule has 1 aromatic carbocycles. The predicted molar refractivity (Wildman–Crippen MR) is 85.8 cm³/mol. The standard InChI is InChI=1S/C14H21FN2O3S.ClH/c1-10-13(5-4-12(20-3)14(10)15)21(18,19)17-8-6-11(16-2)7-9-17;/h4-5,11,16H,6-9H2,1-3H3;1H. The summed E-state index contributed by atoms with van der Waals surface area (Å²) in [5.41, 5.74) is 0.102. The highest BCUT2D eigenvalue weighted by molar-refractivity contribution is 7.89. The van der Waals surface area contributed by atoms with Gasteiger partial charge in [-0.25, -0.2) is 12.8 Å². The van der Waals surface area contributed by atoms with E-state index >= 15 is 0 Å². The third kappa shape index (κ3) is 3.53. The van der Waals surface area contributed by atoms with Crippen LogP contribution in [0.15, 0.2) is 17.0 Å². The molecule has 126 valence electrons. The third-order valence-corrected chi connectivity index (χ3v) is 6.04. The van der Waals surface area contributed by atoms with Crippen molar-refractivity contribution in [3.05, 3.63) is 23.5 Å². The molecule has 0 unspecified atom stereocenters. The fourth-order valence-electron chi connectivity index (χ4n) is 2.60. The SMILES string of the molecule is CNC1CCN(S(=O)(=O)c2ccc(OC)c(F)c2C)CC1.Cl. The Morgan fingerprint density at radius 2 is 1.91 bits per heavy atom. The summed E-state index contributed by atoms with van der Waals surface area (Å²) < 4.78 is 45.7. The number of methoxy groups -OCH3 is 1. The van der Waals surface area contributed by atoms with Crippen LogP contribution in [0, 0.1) is 12.7 Å². The van der Waals surface area contributed by atoms with E-state index in [4.69, 9.17) is 4.74 Å². The lowest BCUT2D eigenvalue weighted by atomic mass is 10.1. The highest BCUT2D eigenvalue weighted by Crippen LogP contribution is 2.29. The number of nitrogens with one attached hydrogen (secondary N) is 1. The van der Waals surface area contributed by atoms with Gasteiger partial charge in [-0.05, 0) is 38.9 Å². The van der Waals surface area contributed by atoms with Gasteiger partial charge in [0.15, 0.2) is 11.6 Å². The van der Waals surface area contributed by atoms with Gasteiger partial charge in [-0.3, -0.25) is 0 Å². The van der Waals surface area contributed by atoms with E-state index in [0.717, 1.165) is 12.8 Å². The number of hydrogen-bond acceptors (Lipinski definition) is 4. The molecular weight excluding hydrogens is 331 g/mol. The normalized spacial score (nSPS) is 17.1. The van der Waals surface area contributed by atoms with Crippen molar-refractivity contribution in [3.8, 4) is 5.75 Å². The maximum absolute atomic E-state index is 14.1. The zero-order valence-corrected chi connectivity index (χ0v) is 14.6. The number of halogens is 2. The Kier molecular flexibility index (Phi) is 6.61. The predicted octanol–water partition coefficient (Wildman–Crippen LogP) is 1.94. The van der Waals surface area contributed by atoms with Crippen molar-refractivity contribution < 1.29 is 17.5 Å². The van der Waals surface area contributed by atoms with Crippen molar-refractivity contribution in [2.45, 2.75) is 30.7 Å². The molecule has 1 heterocycles. The summed E-state index contributed by atoms with van der Waals surface area (Å²) in [6.07, 6.45) is 1.51. The smallest absolute Gasteiger partial charge is 0.243 e. The highest BCUT2D eigenvalue weighted by Gasteiger charge is 2.31. The first kappa shape index (κ1) is 19.2. The van der Waals surface area contributed by atoms with Crippen LogP contribution in [0.25, 0.3) is 0 Å². The van der Waals surface area contributed by atoms with Crippen molar-refractivity contribution in [2.75, 3.05) is 27.2 Å². The van der Waals surface area contributed by atoms with E-state index in [9.17, 15) is 12.8 Å². The van der Waals surface area contributed by atoms with E-state index in [0.29, 0.717) is 19.1 Å². The number of ether oxygens (including phenoxy) is 1. The van der Waals surface area contributed by atoms with Gasteiger partial charge in [0.1, 0.15) is 0 Å². The van der Waals surface area contributed by atoms with Gasteiger partial charge >= 0.3 is 0 Å². The zero-order chi connectivity index (χ0) is 15.6. The van der Waals surface area contributed by atoms with Gasteiger partial charge in [-0.2, -0.15) is 4.31 Å². The zero-order valence-electron chi connectivity index (χ0n) is 12.9. The van der Waals surface area contributed by atoms with Crippen LogP contribution in [0.1, 0.15) is 18.4 Å². The van der Waals surface area contributed by atoms with E-state index in [2.05, 4.69) is 5.32 Å². The van der Waals surface area contributed by atoms with Gasteiger partial charge in [0.2, 0.25) is 10.0 Å². The molecule has 5 nitrogen and oxygen atoms in total. The van der Waals surface area contributed by atoms with E-state index in [-0.39, 0.29) is 28.6 Å². The first-order valence-corrected chi connectivity index (χ1v) is 8.36. The number of hydrogen-bond donors (Lipinski definition) is 1. The summed E-state index contributed by atoms with van der Waals surface area (Å²) in [7, 11) is -0.433. The first-order chi connectivity index (χ1) is 9.91. The van der Waals surface area contributed by atoms with Gasteiger partial charge in [-0.1, -0.05) is 0 Å². The maximum atomic E-state index is 14.1. The van der Waals surface area contributed by atoms with Gasteiger partial charge < -0.3 is 10.1 Å². The summed E-state index contributed by atoms with van der Waals surface area (Å²) in [6.45, 7) is 2.35. The number of nitrogens with zero attached hydrogens (tertiary/aromatic N) is 1. The molecule has 0 saturated carbocycles. The van der Waals surface area contributed by atoms with Crippen LogP contribution in [0.2, 0.25) is 0 Å². The van der Waals surface area contributed by atoms with Crippen molar-refractivity contribution >= 4 is 22.4 Å². The van der Waals surface area contributed by atoms with Gasteiger partial charge in [-0.15, -0.1) is 12.4 Å². The second-order valence-corrected chi connectivity index (χ2v) is 7.08. The minimum atomic E-state index is -3.66. The molecule has 0 atom stereocenters. The molecule has 22 heavy (non-hydrogen) atoms. The average molecular weight is 353 g/mol. The average Bonchev–Trinajstić information content (AvgIpc) is 2.49. The quantitative estimate of drug-likeness (QED) is 0.899. The molecule has 0 aliphatic carbocycles. The molecule has 0 aromatic heterocycles. The van der Waals surface area contributed by atoms with E-state index in [1.807, 2.05) is 7.05 Å². The Bertz CT molecular complexity index is 617. The second kappa shape index (κ2) is 7.59. The van der Waals surface area contributed by atoms with E-state index in [1.165, 1.54) is 30.5 Å². The van der Waals surface area contributed by atoms with Crippen LogP contribution in [0.5, 0.6) is 5.75 Å². The van der Waals surface area contributed by atoms with E-state index < -0.39 is 15.8 Å². The monoisotopic (exact) mass is 352 g/mol. The molecule has 0 bridgehead atoms. The summed E-state index contributed by atoms with van der Waals surface area (Å²) in [5, 5.41) is 3.15. The summed E-state index contributed by atoms with van der Waals surface area (Å²) in [4.78, 5) is 0.0173. The van der Waals surface area contributed by atoms with Crippen LogP contribution in [-0.2, 0) is 10.0 Å². The van der Waals surface area contributed by atoms with Crippen LogP contribution in [0.4, 0.5) is 4.39 Å². The first-order valence-electron chi connectivity index (χ1n) is 6.92. The number of sulfonamides is 1. The Hall–Kier alpha value is -0.890. The van der Waals surface area contributed by atoms with Gasteiger partial charge in [0, 0.05) is 24.7 Å². The largest absolute Gasteiger partial charge is 0.494 e. The van der Waals surface area contributed by atoms with Crippen molar-refractivity contribution in [3.63, 3.8) is 0 Å². The Morgan fingerprint density at radius 3 is 2.41 bits per heavy atom. The van der Waals surface area contributed by atoms with E-state index in [1.54, 1.807) is 0 Å². The Morgan fingerprint density at radius 1 is 1.32 bits per heavy atom. The number of benzene rings is 1. The number of piperidine rings is 1. The maximum Gasteiger partial charge on any atom is 0.243 e. The Labute approximate surface area is 137 Å². The minimum absolute atomic E-state index is 0. The molecule has 1 aliphatic rings. The Balaban J connectivity index is 0.00000242. The molecule has 0 radical (unpaired) electrons. The molecule has 1 saturated heterocycles. The number of rotatable bonds is 4.